The summed E-state index contributed by atoms with van der Waals surface area (Å²) in [5.41, 5.74) is 1.82. The van der Waals surface area contributed by atoms with Gasteiger partial charge in [-0.15, -0.1) is 4.57 Å². The van der Waals surface area contributed by atoms with E-state index in [4.69, 9.17) is 0 Å². The number of rotatable bonds is 6. The van der Waals surface area contributed by atoms with Gasteiger partial charge in [0.15, 0.2) is 23.0 Å². The van der Waals surface area contributed by atoms with Crippen molar-refractivity contribution in [2.75, 3.05) is 24.5 Å². The summed E-state index contributed by atoms with van der Waals surface area (Å²) in [7, 11) is 0. The van der Waals surface area contributed by atoms with Crippen LogP contribution in [-0.2, 0) is 4.79 Å². The fourth-order valence-corrected chi connectivity index (χ4v) is 6.71. The molecule has 47 heavy (non-hydrogen) atoms. The molecule has 5 aromatic rings. The number of hydrogen-bond acceptors (Lipinski definition) is 7. The molecule has 1 atom stereocenters. The lowest BCUT2D eigenvalue weighted by atomic mass is 9.97. The maximum atomic E-state index is 16.6. The van der Waals surface area contributed by atoms with Gasteiger partial charge >= 0.3 is 11.3 Å². The number of hydrogen-bond donors (Lipinski definition) is 0. The number of carbonyl (C=O) groups is 1. The maximum absolute atomic E-state index is 16.6. The highest BCUT2D eigenvalue weighted by Crippen LogP contribution is 2.36. The first kappa shape index (κ1) is 31.8. The SMILES string of the molecule is C=CC(=O)N1CCN(c2nc(=O)n(-c3c(C(C)C)ncnc3C(C)C)c3c2cc(F)c(-c2cccc4cccc(C)c24)[n+]3[O-])[C@@H](C)C1. The van der Waals surface area contributed by atoms with E-state index in [-0.39, 0.29) is 46.3 Å². The average molecular weight is 636 g/mol. The molecule has 1 aliphatic heterocycles. The van der Waals surface area contributed by atoms with Gasteiger partial charge in [-0.05, 0) is 60.2 Å². The van der Waals surface area contributed by atoms with Crippen LogP contribution in [0.25, 0.3) is 38.8 Å². The molecule has 0 spiro atoms. The molecule has 0 N–H and O–H groups in total. The first-order chi connectivity index (χ1) is 22.4. The van der Waals surface area contributed by atoms with Gasteiger partial charge in [0.1, 0.15) is 11.7 Å². The van der Waals surface area contributed by atoms with Crippen LogP contribution in [0.4, 0.5) is 10.2 Å². The molecule has 0 aliphatic carbocycles. The van der Waals surface area contributed by atoms with E-state index < -0.39 is 11.5 Å². The Kier molecular flexibility index (Phi) is 8.25. The number of aromatic nitrogens is 5. The lowest BCUT2D eigenvalue weighted by Gasteiger charge is -2.40. The van der Waals surface area contributed by atoms with E-state index in [9.17, 15) is 14.8 Å². The smallest absolute Gasteiger partial charge is 0.442 e. The predicted molar refractivity (Wildman–Crippen MR) is 181 cm³/mol. The molecule has 0 radical (unpaired) electrons. The van der Waals surface area contributed by atoms with Crippen molar-refractivity contribution in [2.45, 2.75) is 59.4 Å². The number of benzene rings is 2. The van der Waals surface area contributed by atoms with E-state index in [1.165, 1.54) is 23.0 Å². The van der Waals surface area contributed by atoms with E-state index in [2.05, 4.69) is 21.5 Å². The third-order valence-corrected chi connectivity index (χ3v) is 8.93. The first-order valence-electron chi connectivity index (χ1n) is 15.8. The van der Waals surface area contributed by atoms with Crippen molar-refractivity contribution in [1.29, 1.82) is 0 Å². The topological polar surface area (TPSA) is 111 Å². The Morgan fingerprint density at radius 2 is 1.74 bits per heavy atom. The minimum absolute atomic E-state index is 0.0719. The average Bonchev–Trinajstić information content (AvgIpc) is 3.04. The molecule has 0 bridgehead atoms. The minimum atomic E-state index is -0.748. The van der Waals surface area contributed by atoms with Gasteiger partial charge in [-0.3, -0.25) is 4.79 Å². The van der Waals surface area contributed by atoms with Gasteiger partial charge in [-0.2, -0.15) is 4.98 Å². The van der Waals surface area contributed by atoms with Gasteiger partial charge in [-0.25, -0.2) is 23.9 Å². The number of halogens is 1. The van der Waals surface area contributed by atoms with Gasteiger partial charge in [0, 0.05) is 31.2 Å². The second-order valence-electron chi connectivity index (χ2n) is 12.7. The van der Waals surface area contributed by atoms with Crippen LogP contribution >= 0.6 is 0 Å². The summed E-state index contributed by atoms with van der Waals surface area (Å²) in [6.45, 7) is 16.2. The molecule has 1 aliphatic rings. The zero-order valence-corrected chi connectivity index (χ0v) is 27.5. The molecule has 0 unspecified atom stereocenters. The molecule has 0 saturated carbocycles. The summed E-state index contributed by atoms with van der Waals surface area (Å²) in [5.74, 6) is -1.04. The Bertz CT molecular complexity index is 2090. The van der Waals surface area contributed by atoms with Crippen LogP contribution in [0.2, 0.25) is 0 Å². The minimum Gasteiger partial charge on any atom is -0.710 e. The molecule has 6 rings (SSSR count). The number of nitrogens with zero attached hydrogens (tertiary/aromatic N) is 7. The third-order valence-electron chi connectivity index (χ3n) is 8.93. The number of carbonyl (C=O) groups excluding carboxylic acids is 1. The Balaban J connectivity index is 1.74. The van der Waals surface area contributed by atoms with Crippen LogP contribution in [0.5, 0.6) is 0 Å². The molecular weight excluding hydrogens is 597 g/mol. The maximum Gasteiger partial charge on any atom is 0.442 e. The highest BCUT2D eigenvalue weighted by molar-refractivity contribution is 5.98. The molecule has 3 aromatic heterocycles. The second-order valence-corrected chi connectivity index (χ2v) is 12.7. The van der Waals surface area contributed by atoms with Crippen molar-refractivity contribution in [1.82, 2.24) is 24.4 Å². The lowest BCUT2D eigenvalue weighted by Crippen LogP contribution is -2.54. The van der Waals surface area contributed by atoms with Gasteiger partial charge in [0.2, 0.25) is 5.91 Å². The fourth-order valence-electron chi connectivity index (χ4n) is 6.71. The van der Waals surface area contributed by atoms with Crippen LogP contribution in [0.1, 0.15) is 63.4 Å². The monoisotopic (exact) mass is 635 g/mol. The van der Waals surface area contributed by atoms with Crippen molar-refractivity contribution < 1.29 is 13.9 Å². The Hall–Kier alpha value is -5.19. The lowest BCUT2D eigenvalue weighted by molar-refractivity contribution is -0.569. The first-order valence-corrected chi connectivity index (χ1v) is 15.8. The number of piperazine rings is 1. The summed E-state index contributed by atoms with van der Waals surface area (Å²) in [4.78, 5) is 43.9. The van der Waals surface area contributed by atoms with E-state index in [0.29, 0.717) is 47.0 Å². The number of anilines is 1. The molecule has 10 nitrogen and oxygen atoms in total. The number of aryl methyl sites for hydroxylation is 1. The summed E-state index contributed by atoms with van der Waals surface area (Å²) in [6.07, 6.45) is 2.73. The van der Waals surface area contributed by atoms with Gasteiger partial charge < -0.3 is 15.0 Å². The standard InChI is InChI=1S/C36H38FN7O3/c1-8-28(45)41-15-16-42(23(7)18-41)34-26-17-27(37)32(25-14-10-13-24-12-9-11-22(6)29(24)25)44(47)35(26)43(36(46)40-34)33-30(20(2)3)38-19-39-31(33)21(4)5/h8-14,17,19-21,23H,1,15-16,18H2,2-7H3/t23-/m0/s1. The van der Waals surface area contributed by atoms with Gasteiger partial charge in [-0.1, -0.05) is 64.6 Å². The van der Waals surface area contributed by atoms with Crippen LogP contribution < -0.4 is 15.3 Å². The summed E-state index contributed by atoms with van der Waals surface area (Å²) < 4.78 is 18.4. The summed E-state index contributed by atoms with van der Waals surface area (Å²) >= 11 is 0. The normalized spacial score (nSPS) is 15.3. The van der Waals surface area contributed by atoms with E-state index in [1.807, 2.05) is 70.7 Å². The summed E-state index contributed by atoms with van der Waals surface area (Å²) in [5, 5.41) is 16.6. The Labute approximate surface area is 272 Å². The van der Waals surface area contributed by atoms with Crippen molar-refractivity contribution in [2.24, 2.45) is 0 Å². The van der Waals surface area contributed by atoms with E-state index in [0.717, 1.165) is 16.3 Å². The quantitative estimate of drug-likeness (QED) is 0.137. The Morgan fingerprint density at radius 1 is 1.09 bits per heavy atom. The molecular formula is C36H38FN7O3. The molecule has 4 heterocycles. The van der Waals surface area contributed by atoms with Gasteiger partial charge in [0.25, 0.3) is 0 Å². The molecule has 11 heteroatoms. The largest absolute Gasteiger partial charge is 0.710 e. The molecule has 1 fully saturated rings. The molecule has 1 amide bonds. The summed E-state index contributed by atoms with van der Waals surface area (Å²) in [6, 6.07) is 12.2. The molecule has 242 valence electrons. The van der Waals surface area contributed by atoms with Crippen molar-refractivity contribution in [3.05, 3.63) is 99.9 Å². The molecule has 2 aromatic carbocycles. The molecule has 1 saturated heterocycles. The van der Waals surface area contributed by atoms with Gasteiger partial charge in [0.05, 0.1) is 11.4 Å². The van der Waals surface area contributed by atoms with Crippen LogP contribution in [0.3, 0.4) is 0 Å². The van der Waals surface area contributed by atoms with E-state index in [1.54, 1.807) is 17.0 Å². The number of pyridine rings is 1. The van der Waals surface area contributed by atoms with Crippen molar-refractivity contribution >= 4 is 33.5 Å². The zero-order valence-electron chi connectivity index (χ0n) is 27.5. The van der Waals surface area contributed by atoms with Crippen molar-refractivity contribution in [3.63, 3.8) is 0 Å². The fraction of sp³-hybridized carbons (Fsp3) is 0.333. The highest BCUT2D eigenvalue weighted by atomic mass is 19.1. The zero-order chi connectivity index (χ0) is 33.7. The second kappa shape index (κ2) is 12.2. The van der Waals surface area contributed by atoms with Crippen LogP contribution in [0.15, 0.2) is 66.2 Å². The highest BCUT2D eigenvalue weighted by Gasteiger charge is 2.35. The van der Waals surface area contributed by atoms with Crippen molar-refractivity contribution in [3.8, 4) is 16.9 Å². The van der Waals surface area contributed by atoms with Crippen LogP contribution in [0, 0.1) is 17.9 Å². The van der Waals surface area contributed by atoms with E-state index >= 15 is 4.39 Å². The Morgan fingerprint density at radius 3 is 2.36 bits per heavy atom. The number of fused-ring (bicyclic) bond motifs is 2. The predicted octanol–water partition coefficient (Wildman–Crippen LogP) is 5.55. The van der Waals surface area contributed by atoms with Crippen LogP contribution in [-0.4, -0.2) is 56.0 Å². The third kappa shape index (κ3) is 5.29. The number of amides is 1.